The molecule has 8 heteroatoms. The van der Waals surface area contributed by atoms with E-state index in [1.807, 2.05) is 0 Å². The first-order valence-corrected chi connectivity index (χ1v) is 9.31. The van der Waals surface area contributed by atoms with Crippen molar-refractivity contribution >= 4 is 64.5 Å². The molecule has 5 nitrogen and oxygen atoms in total. The van der Waals surface area contributed by atoms with Crippen LogP contribution >= 0.6 is 46.9 Å². The van der Waals surface area contributed by atoms with E-state index in [2.05, 4.69) is 40.0 Å². The maximum absolute atomic E-state index is 11.9. The highest BCUT2D eigenvalue weighted by molar-refractivity contribution is 14.0. The Morgan fingerprint density at radius 1 is 1.15 bits per heavy atom. The molecule has 1 amide bonds. The van der Waals surface area contributed by atoms with E-state index in [9.17, 15) is 4.79 Å². The Hall–Kier alpha value is -1.32. The van der Waals surface area contributed by atoms with Crippen LogP contribution in [0.5, 0.6) is 0 Å². The Labute approximate surface area is 180 Å². The van der Waals surface area contributed by atoms with Crippen molar-refractivity contribution in [3.63, 3.8) is 0 Å². The quantitative estimate of drug-likeness (QED) is 0.226. The molecule has 0 radical (unpaired) electrons. The Kier molecular flexibility index (Phi) is 10.6. The number of guanidine groups is 1. The zero-order valence-electron chi connectivity index (χ0n) is 14.8. The average molecular weight is 507 g/mol. The number of halogens is 2. The number of hydrogen-bond donors (Lipinski definition) is 3. The summed E-state index contributed by atoms with van der Waals surface area (Å²) in [6, 6.07) is 11.3. The topological polar surface area (TPSA) is 65.5 Å². The molecule has 0 aliphatic rings. The first-order chi connectivity index (χ1) is 12.1. The van der Waals surface area contributed by atoms with Crippen LogP contribution < -0.4 is 16.0 Å². The van der Waals surface area contributed by atoms with Crippen LogP contribution in [0, 0.1) is 6.92 Å². The number of hydrogen-bond acceptors (Lipinski definition) is 3. The van der Waals surface area contributed by atoms with Crippen molar-refractivity contribution in [2.24, 2.45) is 4.99 Å². The minimum Gasteiger partial charge on any atom is -0.356 e. The molecule has 0 aliphatic heterocycles. The van der Waals surface area contributed by atoms with Crippen molar-refractivity contribution < 1.29 is 4.79 Å². The SMILES string of the molecule is CN=C(NCCCC(=O)Nc1ccc(Cl)cc1)NCc1ccc(C)s1.I. The smallest absolute Gasteiger partial charge is 0.224 e. The van der Waals surface area contributed by atoms with Crippen LogP contribution in [0.4, 0.5) is 5.69 Å². The van der Waals surface area contributed by atoms with E-state index in [1.165, 1.54) is 9.75 Å². The first-order valence-electron chi connectivity index (χ1n) is 8.12. The second-order valence-electron chi connectivity index (χ2n) is 5.52. The lowest BCUT2D eigenvalue weighted by atomic mass is 10.2. The van der Waals surface area contributed by atoms with Crippen molar-refractivity contribution in [3.05, 3.63) is 51.2 Å². The number of rotatable bonds is 7. The normalized spacial score (nSPS) is 10.8. The molecule has 2 aromatic rings. The summed E-state index contributed by atoms with van der Waals surface area (Å²) < 4.78 is 0. The van der Waals surface area contributed by atoms with E-state index < -0.39 is 0 Å². The number of thiophene rings is 1. The molecule has 1 aromatic heterocycles. The van der Waals surface area contributed by atoms with Gasteiger partial charge >= 0.3 is 0 Å². The largest absolute Gasteiger partial charge is 0.356 e. The molecule has 26 heavy (non-hydrogen) atoms. The second-order valence-corrected chi connectivity index (χ2v) is 7.33. The zero-order valence-corrected chi connectivity index (χ0v) is 18.7. The Morgan fingerprint density at radius 2 is 1.88 bits per heavy atom. The predicted octanol–water partition coefficient (Wildman–Crippen LogP) is 4.41. The van der Waals surface area contributed by atoms with E-state index in [-0.39, 0.29) is 29.9 Å². The molecule has 2 rings (SSSR count). The molecule has 1 aromatic carbocycles. The summed E-state index contributed by atoms with van der Waals surface area (Å²) in [6.07, 6.45) is 1.16. The Morgan fingerprint density at radius 3 is 2.50 bits per heavy atom. The summed E-state index contributed by atoms with van der Waals surface area (Å²) >= 11 is 7.59. The average Bonchev–Trinajstić information content (AvgIpc) is 3.02. The van der Waals surface area contributed by atoms with Crippen LogP contribution in [0.3, 0.4) is 0 Å². The van der Waals surface area contributed by atoms with E-state index in [0.29, 0.717) is 18.0 Å². The second kappa shape index (κ2) is 12.1. The maximum Gasteiger partial charge on any atom is 0.224 e. The van der Waals surface area contributed by atoms with Gasteiger partial charge in [0.05, 0.1) is 6.54 Å². The van der Waals surface area contributed by atoms with Gasteiger partial charge in [0.1, 0.15) is 0 Å². The number of anilines is 1. The third-order valence-corrected chi connectivity index (χ3v) is 4.70. The van der Waals surface area contributed by atoms with Gasteiger partial charge in [-0.15, -0.1) is 35.3 Å². The van der Waals surface area contributed by atoms with Gasteiger partial charge in [0.15, 0.2) is 5.96 Å². The number of benzene rings is 1. The lowest BCUT2D eigenvalue weighted by molar-refractivity contribution is -0.116. The highest BCUT2D eigenvalue weighted by atomic mass is 127. The van der Waals surface area contributed by atoms with Gasteiger partial charge in [-0.2, -0.15) is 0 Å². The number of aliphatic imine (C=N–C) groups is 1. The Balaban J connectivity index is 0.00000338. The third kappa shape index (κ3) is 8.37. The minimum atomic E-state index is -0.0128. The fourth-order valence-electron chi connectivity index (χ4n) is 2.18. The summed E-state index contributed by atoms with van der Waals surface area (Å²) in [5, 5.41) is 9.99. The number of nitrogens with zero attached hydrogens (tertiary/aromatic N) is 1. The maximum atomic E-state index is 11.9. The molecule has 0 saturated heterocycles. The summed E-state index contributed by atoms with van der Waals surface area (Å²) in [5.74, 6) is 0.727. The van der Waals surface area contributed by atoms with Crippen LogP contribution in [0.15, 0.2) is 41.4 Å². The number of carbonyl (C=O) groups excluding carboxylic acids is 1. The molecule has 0 unspecified atom stereocenters. The molecule has 0 spiro atoms. The van der Waals surface area contributed by atoms with Crippen LogP contribution in [0.2, 0.25) is 5.02 Å². The number of nitrogens with one attached hydrogen (secondary N) is 3. The van der Waals surface area contributed by atoms with Crippen molar-refractivity contribution in [1.29, 1.82) is 0 Å². The van der Waals surface area contributed by atoms with Crippen LogP contribution in [-0.4, -0.2) is 25.5 Å². The third-order valence-electron chi connectivity index (χ3n) is 3.45. The van der Waals surface area contributed by atoms with E-state index >= 15 is 0 Å². The van der Waals surface area contributed by atoms with Crippen molar-refractivity contribution in [3.8, 4) is 0 Å². The molecule has 0 saturated carbocycles. The molecule has 0 bridgehead atoms. The fraction of sp³-hybridized carbons (Fsp3) is 0.333. The van der Waals surface area contributed by atoms with E-state index in [0.717, 1.165) is 24.6 Å². The highest BCUT2D eigenvalue weighted by Crippen LogP contribution is 2.14. The lowest BCUT2D eigenvalue weighted by Gasteiger charge is -2.11. The van der Waals surface area contributed by atoms with Gasteiger partial charge in [0.25, 0.3) is 0 Å². The van der Waals surface area contributed by atoms with Crippen molar-refractivity contribution in [2.75, 3.05) is 18.9 Å². The zero-order chi connectivity index (χ0) is 18.1. The lowest BCUT2D eigenvalue weighted by Crippen LogP contribution is -2.37. The van der Waals surface area contributed by atoms with Gasteiger partial charge in [-0.1, -0.05) is 11.6 Å². The van der Waals surface area contributed by atoms with Crippen molar-refractivity contribution in [2.45, 2.75) is 26.3 Å². The number of carbonyl (C=O) groups is 1. The molecular weight excluding hydrogens is 483 g/mol. The first kappa shape index (κ1) is 22.7. The number of aryl methyl sites for hydroxylation is 1. The van der Waals surface area contributed by atoms with Gasteiger partial charge in [-0.25, -0.2) is 0 Å². The molecular formula is C18H24ClIN4OS. The van der Waals surface area contributed by atoms with Crippen LogP contribution in [0.25, 0.3) is 0 Å². The molecule has 3 N–H and O–H groups in total. The summed E-state index contributed by atoms with van der Waals surface area (Å²) in [4.78, 5) is 18.7. The monoisotopic (exact) mass is 506 g/mol. The van der Waals surface area contributed by atoms with Gasteiger partial charge in [-0.05, 0) is 49.7 Å². The molecule has 0 atom stereocenters. The molecule has 0 fully saturated rings. The van der Waals surface area contributed by atoms with Crippen molar-refractivity contribution in [1.82, 2.24) is 10.6 Å². The van der Waals surface area contributed by atoms with Crippen LogP contribution in [-0.2, 0) is 11.3 Å². The van der Waals surface area contributed by atoms with E-state index in [4.69, 9.17) is 11.6 Å². The van der Waals surface area contributed by atoms with Gasteiger partial charge in [-0.3, -0.25) is 9.79 Å². The summed E-state index contributed by atoms with van der Waals surface area (Å²) in [5.41, 5.74) is 0.756. The molecule has 1 heterocycles. The Bertz CT molecular complexity index is 718. The van der Waals surface area contributed by atoms with Crippen LogP contribution in [0.1, 0.15) is 22.6 Å². The predicted molar refractivity (Wildman–Crippen MR) is 122 cm³/mol. The molecule has 0 aliphatic carbocycles. The minimum absolute atomic E-state index is 0. The van der Waals surface area contributed by atoms with E-state index in [1.54, 1.807) is 42.6 Å². The van der Waals surface area contributed by atoms with Gasteiger partial charge < -0.3 is 16.0 Å². The highest BCUT2D eigenvalue weighted by Gasteiger charge is 2.04. The fourth-order valence-corrected chi connectivity index (χ4v) is 3.14. The van der Waals surface area contributed by atoms with Gasteiger partial charge in [0, 0.05) is 40.5 Å². The summed E-state index contributed by atoms with van der Waals surface area (Å²) in [6.45, 7) is 3.52. The number of amides is 1. The van der Waals surface area contributed by atoms with Gasteiger partial charge in [0.2, 0.25) is 5.91 Å². The standard InChI is InChI=1S/C18H23ClN4OS.HI/c1-13-5-10-16(25-13)12-22-18(20-2)21-11-3-4-17(24)23-15-8-6-14(19)7-9-15;/h5-10H,3-4,11-12H2,1-2H3,(H,23,24)(H2,20,21,22);1H. The molecule has 142 valence electrons. The summed E-state index contributed by atoms with van der Waals surface area (Å²) in [7, 11) is 1.74.